The van der Waals surface area contributed by atoms with Crippen LogP contribution in [0.15, 0.2) is 29.8 Å². The van der Waals surface area contributed by atoms with E-state index in [0.29, 0.717) is 42.4 Å². The molecule has 1 aromatic carbocycles. The normalized spacial score (nSPS) is 20.7. The van der Waals surface area contributed by atoms with Crippen LogP contribution in [-0.2, 0) is 51.8 Å². The number of hydrogen-bond donors (Lipinski definition) is 3. The van der Waals surface area contributed by atoms with Gasteiger partial charge in [-0.3, -0.25) is 28.8 Å². The molecule has 0 aromatic heterocycles. The number of alkyl carbamates (subject to hydrolysis) is 1. The van der Waals surface area contributed by atoms with E-state index in [2.05, 4.69) is 15.4 Å². The van der Waals surface area contributed by atoms with E-state index in [1.165, 1.54) is 11.0 Å². The summed E-state index contributed by atoms with van der Waals surface area (Å²) >= 11 is 0. The highest BCUT2D eigenvalue weighted by Gasteiger charge is 2.46. The summed E-state index contributed by atoms with van der Waals surface area (Å²) < 4.78 is 52.7. The van der Waals surface area contributed by atoms with Gasteiger partial charge in [-0.15, -0.1) is 0 Å². The molecule has 53 heavy (non-hydrogen) atoms. The molecule has 1 aromatic rings. The number of carbonyl (C=O) groups is 6. The fraction of sp³-hybridized carbons (Fsp3) is 0.611. The summed E-state index contributed by atoms with van der Waals surface area (Å²) in [6, 6.07) is 0.621. The molecule has 2 aliphatic carbocycles. The standard InChI is InChI=1S/C36H48FN5O10S/c1-5-8-27(31(44)40-53(49,50)24-13-14-24)38-32(45)29-17-23(51-35(48)41-18-22-11-7-12-26(37)25(22)20-41)19-42(29)33(46)28(39-34(47)52-36(2,3)4)15-16-30(43)21-9-6-10-21/h7,9,11-12,23-24,27-29H,5-6,8,10,13-20H2,1-4H3,(H,38,45)(H,39,47)(H,40,44)/t23-,27?,28+,29+/m1/s1. The molecule has 5 amide bonds. The number of nitrogens with one attached hydrogen (secondary N) is 3. The Balaban J connectivity index is 1.36. The number of Topliss-reactive ketones (excluding diaryl/α,β-unsaturated/α-hetero) is 1. The molecule has 4 aliphatic rings. The predicted molar refractivity (Wildman–Crippen MR) is 188 cm³/mol. The number of ketones is 1. The summed E-state index contributed by atoms with van der Waals surface area (Å²) in [4.78, 5) is 82.8. The topological polar surface area (TPSA) is 198 Å². The van der Waals surface area contributed by atoms with Crippen molar-refractivity contribution in [3.8, 4) is 0 Å². The smallest absolute Gasteiger partial charge is 0.410 e. The average molecular weight is 762 g/mol. The molecule has 290 valence electrons. The zero-order valence-electron chi connectivity index (χ0n) is 30.4. The Bertz CT molecular complexity index is 1770. The molecule has 0 radical (unpaired) electrons. The molecule has 4 atom stereocenters. The fourth-order valence-electron chi connectivity index (χ4n) is 6.49. The third-order valence-electron chi connectivity index (χ3n) is 9.53. The van der Waals surface area contributed by atoms with Crippen LogP contribution in [0.4, 0.5) is 14.0 Å². The van der Waals surface area contributed by atoms with Crippen molar-refractivity contribution in [1.82, 2.24) is 25.2 Å². The average Bonchev–Trinajstić information content (AvgIpc) is 3.69. The second-order valence-corrected chi connectivity index (χ2v) is 16.9. The molecular formula is C36H48FN5O10S. The Labute approximate surface area is 308 Å². The molecule has 17 heteroatoms. The van der Waals surface area contributed by atoms with Crippen LogP contribution in [-0.4, -0.2) is 95.5 Å². The molecule has 5 rings (SSSR count). The van der Waals surface area contributed by atoms with Crippen molar-refractivity contribution in [2.45, 2.75) is 134 Å². The maximum Gasteiger partial charge on any atom is 0.410 e. The third-order valence-corrected chi connectivity index (χ3v) is 11.4. The predicted octanol–water partition coefficient (Wildman–Crippen LogP) is 3.10. The van der Waals surface area contributed by atoms with Crippen LogP contribution in [0.2, 0.25) is 0 Å². The molecule has 2 aliphatic heterocycles. The summed E-state index contributed by atoms with van der Waals surface area (Å²) in [6.45, 7) is 6.44. The van der Waals surface area contributed by atoms with E-state index in [0.717, 1.165) is 11.3 Å². The Morgan fingerprint density at radius 2 is 1.74 bits per heavy atom. The van der Waals surface area contributed by atoms with Gasteiger partial charge >= 0.3 is 12.2 Å². The van der Waals surface area contributed by atoms with Crippen LogP contribution >= 0.6 is 0 Å². The van der Waals surface area contributed by atoms with Gasteiger partial charge < -0.3 is 25.0 Å². The molecular weight excluding hydrogens is 713 g/mol. The highest BCUT2D eigenvalue weighted by molar-refractivity contribution is 7.90. The van der Waals surface area contributed by atoms with Gasteiger partial charge in [0.1, 0.15) is 35.6 Å². The van der Waals surface area contributed by atoms with E-state index in [4.69, 9.17) is 9.47 Å². The number of allylic oxidation sites excluding steroid dienone is 2. The van der Waals surface area contributed by atoms with Gasteiger partial charge in [0.25, 0.3) is 5.91 Å². The second-order valence-electron chi connectivity index (χ2n) is 15.0. The van der Waals surface area contributed by atoms with Crippen molar-refractivity contribution in [3.05, 3.63) is 46.8 Å². The van der Waals surface area contributed by atoms with Gasteiger partial charge in [0.05, 0.1) is 18.3 Å². The molecule has 2 fully saturated rings. The van der Waals surface area contributed by atoms with E-state index < -0.39 is 80.8 Å². The van der Waals surface area contributed by atoms with Crippen molar-refractivity contribution in [2.75, 3.05) is 6.54 Å². The van der Waals surface area contributed by atoms with Crippen molar-refractivity contribution >= 4 is 45.7 Å². The molecule has 1 saturated heterocycles. The SMILES string of the molecule is CCCC(NC(=O)[C@@H]1C[C@@H](OC(=O)N2Cc3cccc(F)c3C2)CN1C(=O)[C@H](CCC(=O)C1=CCC1)NC(=O)OC(C)(C)C)C(=O)NS(=O)(=O)C1CC1. The highest BCUT2D eigenvalue weighted by Crippen LogP contribution is 2.30. The Morgan fingerprint density at radius 1 is 1.02 bits per heavy atom. The molecule has 3 N–H and O–H groups in total. The van der Waals surface area contributed by atoms with Crippen molar-refractivity contribution in [1.29, 1.82) is 0 Å². The second kappa shape index (κ2) is 16.2. The lowest BCUT2D eigenvalue weighted by molar-refractivity contribution is -0.141. The molecule has 1 unspecified atom stereocenters. The number of carbonyl (C=O) groups excluding carboxylic acids is 6. The largest absolute Gasteiger partial charge is 0.444 e. The minimum Gasteiger partial charge on any atom is -0.444 e. The molecule has 1 saturated carbocycles. The number of rotatable bonds is 14. The minimum atomic E-state index is -3.92. The summed E-state index contributed by atoms with van der Waals surface area (Å²) in [5.41, 5.74) is 0.693. The summed E-state index contributed by atoms with van der Waals surface area (Å²) in [7, 11) is -3.92. The fourth-order valence-corrected chi connectivity index (χ4v) is 7.83. The lowest BCUT2D eigenvalue weighted by atomic mass is 9.92. The van der Waals surface area contributed by atoms with Gasteiger partial charge in [-0.25, -0.2) is 22.4 Å². The Morgan fingerprint density at radius 3 is 2.34 bits per heavy atom. The van der Waals surface area contributed by atoms with Crippen LogP contribution in [0.25, 0.3) is 0 Å². The number of nitrogens with zero attached hydrogens (tertiary/aromatic N) is 2. The minimum absolute atomic E-state index is 0.0377. The van der Waals surface area contributed by atoms with Crippen LogP contribution in [0, 0.1) is 5.82 Å². The first-order valence-corrected chi connectivity index (χ1v) is 19.6. The first-order valence-electron chi connectivity index (χ1n) is 18.1. The number of amides is 5. The summed E-state index contributed by atoms with van der Waals surface area (Å²) in [6.07, 6.45) is 1.35. The third kappa shape index (κ3) is 10.1. The molecule has 0 spiro atoms. The van der Waals surface area contributed by atoms with Crippen LogP contribution in [0.3, 0.4) is 0 Å². The monoisotopic (exact) mass is 761 g/mol. The lowest BCUT2D eigenvalue weighted by Gasteiger charge is -2.30. The van der Waals surface area contributed by atoms with Gasteiger partial charge in [-0.2, -0.15) is 0 Å². The maximum atomic E-state index is 14.4. The summed E-state index contributed by atoms with van der Waals surface area (Å²) in [5.74, 6) is -3.12. The zero-order valence-corrected chi connectivity index (χ0v) is 31.3. The first kappa shape index (κ1) is 39.7. The van der Waals surface area contributed by atoms with Crippen molar-refractivity contribution in [3.63, 3.8) is 0 Å². The molecule has 15 nitrogen and oxygen atoms in total. The first-order chi connectivity index (χ1) is 25.0. The highest BCUT2D eigenvalue weighted by atomic mass is 32.2. The van der Waals surface area contributed by atoms with Crippen LogP contribution in [0.5, 0.6) is 0 Å². The van der Waals surface area contributed by atoms with Gasteiger partial charge in [-0.1, -0.05) is 31.6 Å². The number of likely N-dealkylation sites (tertiary alicyclic amines) is 1. The van der Waals surface area contributed by atoms with Gasteiger partial charge in [0.2, 0.25) is 21.8 Å². The van der Waals surface area contributed by atoms with Gasteiger partial charge in [0.15, 0.2) is 5.78 Å². The number of benzene rings is 1. The van der Waals surface area contributed by atoms with Crippen molar-refractivity contribution in [2.24, 2.45) is 0 Å². The number of halogens is 1. The van der Waals surface area contributed by atoms with E-state index in [-0.39, 0.29) is 51.1 Å². The number of fused-ring (bicyclic) bond motifs is 1. The molecule has 2 heterocycles. The van der Waals surface area contributed by atoms with Crippen LogP contribution < -0.4 is 15.4 Å². The Kier molecular flexibility index (Phi) is 12.1. The van der Waals surface area contributed by atoms with Gasteiger partial charge in [0, 0.05) is 24.9 Å². The van der Waals surface area contributed by atoms with Crippen LogP contribution in [0.1, 0.15) is 96.6 Å². The number of hydrogen-bond acceptors (Lipinski definition) is 10. The number of sulfonamides is 1. The van der Waals surface area contributed by atoms with Gasteiger partial charge in [-0.05, 0) is 76.5 Å². The Hall–Kier alpha value is -4.54. The van der Waals surface area contributed by atoms with E-state index in [1.807, 2.05) is 0 Å². The summed E-state index contributed by atoms with van der Waals surface area (Å²) in [5, 5.41) is 4.45. The maximum absolute atomic E-state index is 14.4. The quantitative estimate of drug-likeness (QED) is 0.253. The molecule has 0 bridgehead atoms. The van der Waals surface area contributed by atoms with E-state index >= 15 is 0 Å². The number of ether oxygens (including phenoxy) is 2. The van der Waals surface area contributed by atoms with E-state index in [1.54, 1.807) is 45.9 Å². The van der Waals surface area contributed by atoms with E-state index in [9.17, 15) is 41.6 Å². The van der Waals surface area contributed by atoms with Crippen molar-refractivity contribution < 1.29 is 51.0 Å². The lowest BCUT2D eigenvalue weighted by Crippen LogP contribution is -2.57. The zero-order chi connectivity index (χ0) is 38.7.